The fourth-order valence-corrected chi connectivity index (χ4v) is 4.43. The summed E-state index contributed by atoms with van der Waals surface area (Å²) >= 11 is 0. The van der Waals surface area contributed by atoms with Gasteiger partial charge in [-0.1, -0.05) is 80.8 Å². The minimum atomic E-state index is -0.511. The number of carbonyl (C=O) groups is 2. The van der Waals surface area contributed by atoms with Crippen molar-refractivity contribution < 1.29 is 9.59 Å². The van der Waals surface area contributed by atoms with Crippen molar-refractivity contribution in [1.82, 2.24) is 10.2 Å². The molecule has 1 atom stereocenters. The van der Waals surface area contributed by atoms with Crippen molar-refractivity contribution in [3.8, 4) is 0 Å². The molecule has 1 unspecified atom stereocenters. The van der Waals surface area contributed by atoms with Crippen LogP contribution in [-0.2, 0) is 22.6 Å². The van der Waals surface area contributed by atoms with E-state index < -0.39 is 6.04 Å². The molecule has 1 fully saturated rings. The monoisotopic (exact) mass is 420 g/mol. The molecule has 1 N–H and O–H groups in total. The lowest BCUT2D eigenvalue weighted by Gasteiger charge is -2.34. The van der Waals surface area contributed by atoms with E-state index in [4.69, 9.17) is 0 Å². The van der Waals surface area contributed by atoms with Crippen molar-refractivity contribution in [2.45, 2.75) is 83.8 Å². The Labute approximate surface area is 187 Å². The Balaban J connectivity index is 1.89. The summed E-state index contributed by atoms with van der Waals surface area (Å²) in [6.45, 7) is 4.53. The molecule has 0 aromatic heterocycles. The quantitative estimate of drug-likeness (QED) is 0.607. The number of rotatable bonds is 9. The van der Waals surface area contributed by atoms with Crippen LogP contribution in [0, 0.1) is 6.92 Å². The number of hydrogen-bond acceptors (Lipinski definition) is 2. The molecule has 1 aliphatic rings. The van der Waals surface area contributed by atoms with Gasteiger partial charge < -0.3 is 10.2 Å². The molecule has 0 heterocycles. The molecule has 1 saturated carbocycles. The van der Waals surface area contributed by atoms with Gasteiger partial charge in [0.2, 0.25) is 11.8 Å². The van der Waals surface area contributed by atoms with Crippen LogP contribution in [0.4, 0.5) is 0 Å². The Bertz CT molecular complexity index is 843. The van der Waals surface area contributed by atoms with E-state index in [1.807, 2.05) is 54.3 Å². The molecule has 2 amide bonds. The number of benzene rings is 2. The van der Waals surface area contributed by atoms with Gasteiger partial charge in [0.15, 0.2) is 0 Å². The van der Waals surface area contributed by atoms with E-state index >= 15 is 0 Å². The van der Waals surface area contributed by atoms with Crippen LogP contribution in [0.3, 0.4) is 0 Å². The number of carbonyl (C=O) groups excluding carboxylic acids is 2. The minimum absolute atomic E-state index is 0.0196. The molecule has 166 valence electrons. The lowest BCUT2D eigenvalue weighted by Crippen LogP contribution is -2.52. The average molecular weight is 421 g/mol. The Morgan fingerprint density at radius 2 is 1.68 bits per heavy atom. The standard InChI is InChI=1S/C27H36N2O2/c1-3-12-26(30)29(20-23-16-11-10-13-21(23)2)25(19-22-14-6-4-7-15-22)27(31)28-24-17-8-5-9-18-24/h4,6-7,10-11,13-16,24-25H,3,5,8-9,12,17-20H2,1-2H3,(H,28,31). The largest absolute Gasteiger partial charge is 0.352 e. The van der Waals surface area contributed by atoms with E-state index in [2.05, 4.69) is 24.4 Å². The zero-order valence-electron chi connectivity index (χ0n) is 19.0. The van der Waals surface area contributed by atoms with E-state index in [9.17, 15) is 9.59 Å². The highest BCUT2D eigenvalue weighted by molar-refractivity contribution is 5.88. The van der Waals surface area contributed by atoms with Gasteiger partial charge in [-0.3, -0.25) is 9.59 Å². The van der Waals surface area contributed by atoms with E-state index in [0.29, 0.717) is 19.4 Å². The van der Waals surface area contributed by atoms with Crippen molar-refractivity contribution in [3.63, 3.8) is 0 Å². The zero-order valence-corrected chi connectivity index (χ0v) is 19.0. The summed E-state index contributed by atoms with van der Waals surface area (Å²) in [6.07, 6.45) is 7.38. The highest BCUT2D eigenvalue weighted by Gasteiger charge is 2.31. The first-order valence-electron chi connectivity index (χ1n) is 11.8. The second-order valence-electron chi connectivity index (χ2n) is 8.75. The maximum atomic E-state index is 13.5. The van der Waals surface area contributed by atoms with Gasteiger partial charge in [0.25, 0.3) is 0 Å². The molecule has 4 heteroatoms. The summed E-state index contributed by atoms with van der Waals surface area (Å²) in [6, 6.07) is 17.9. The van der Waals surface area contributed by atoms with Crippen molar-refractivity contribution in [2.24, 2.45) is 0 Å². The van der Waals surface area contributed by atoms with Crippen LogP contribution >= 0.6 is 0 Å². The maximum absolute atomic E-state index is 13.5. The predicted molar refractivity (Wildman–Crippen MR) is 126 cm³/mol. The normalized spacial score (nSPS) is 15.3. The first-order chi connectivity index (χ1) is 15.1. The summed E-state index contributed by atoms with van der Waals surface area (Å²) in [5.74, 6) is 0.0271. The Kier molecular flexibility index (Phi) is 8.69. The first kappa shape index (κ1) is 23.1. The maximum Gasteiger partial charge on any atom is 0.243 e. The third-order valence-electron chi connectivity index (χ3n) is 6.29. The number of amides is 2. The van der Waals surface area contributed by atoms with E-state index in [0.717, 1.165) is 48.8 Å². The third-order valence-corrected chi connectivity index (χ3v) is 6.29. The van der Waals surface area contributed by atoms with Crippen molar-refractivity contribution in [1.29, 1.82) is 0 Å². The number of nitrogens with zero attached hydrogens (tertiary/aromatic N) is 1. The van der Waals surface area contributed by atoms with Crippen LogP contribution in [0.15, 0.2) is 54.6 Å². The molecule has 2 aromatic rings. The lowest BCUT2D eigenvalue weighted by molar-refractivity contribution is -0.141. The molecular weight excluding hydrogens is 384 g/mol. The second-order valence-corrected chi connectivity index (χ2v) is 8.75. The van der Waals surface area contributed by atoms with Crippen LogP contribution in [0.5, 0.6) is 0 Å². The van der Waals surface area contributed by atoms with Crippen LogP contribution < -0.4 is 5.32 Å². The molecule has 2 aromatic carbocycles. The molecule has 4 nitrogen and oxygen atoms in total. The third kappa shape index (κ3) is 6.68. The number of aryl methyl sites for hydroxylation is 1. The summed E-state index contributed by atoms with van der Waals surface area (Å²) < 4.78 is 0. The molecule has 0 spiro atoms. The molecule has 0 saturated heterocycles. The van der Waals surface area contributed by atoms with Gasteiger partial charge in [0.05, 0.1) is 0 Å². The Morgan fingerprint density at radius 3 is 2.35 bits per heavy atom. The van der Waals surface area contributed by atoms with Crippen molar-refractivity contribution in [3.05, 3.63) is 71.3 Å². The molecule has 0 bridgehead atoms. The zero-order chi connectivity index (χ0) is 22.1. The van der Waals surface area contributed by atoms with Gasteiger partial charge >= 0.3 is 0 Å². The second kappa shape index (κ2) is 11.7. The van der Waals surface area contributed by atoms with Gasteiger partial charge in [0.1, 0.15) is 6.04 Å². The fourth-order valence-electron chi connectivity index (χ4n) is 4.43. The Morgan fingerprint density at radius 1 is 1.00 bits per heavy atom. The first-order valence-corrected chi connectivity index (χ1v) is 11.8. The lowest BCUT2D eigenvalue weighted by atomic mass is 9.94. The van der Waals surface area contributed by atoms with Gasteiger partial charge in [0, 0.05) is 25.4 Å². The van der Waals surface area contributed by atoms with Crippen LogP contribution in [0.1, 0.15) is 68.6 Å². The van der Waals surface area contributed by atoms with Crippen LogP contribution in [-0.4, -0.2) is 28.8 Å². The summed E-state index contributed by atoms with van der Waals surface area (Å²) in [5, 5.41) is 3.28. The smallest absolute Gasteiger partial charge is 0.243 e. The minimum Gasteiger partial charge on any atom is -0.352 e. The van der Waals surface area contributed by atoms with E-state index in [-0.39, 0.29) is 17.9 Å². The van der Waals surface area contributed by atoms with Crippen molar-refractivity contribution >= 4 is 11.8 Å². The van der Waals surface area contributed by atoms with Gasteiger partial charge in [-0.15, -0.1) is 0 Å². The fraction of sp³-hybridized carbons (Fsp3) is 0.481. The van der Waals surface area contributed by atoms with Crippen molar-refractivity contribution in [2.75, 3.05) is 0 Å². The SMILES string of the molecule is CCCC(=O)N(Cc1ccccc1C)C(Cc1ccccc1)C(=O)NC1CCCCC1. The predicted octanol–water partition coefficient (Wildman–Crippen LogP) is 5.18. The number of nitrogens with one attached hydrogen (secondary N) is 1. The molecule has 0 aliphatic heterocycles. The average Bonchev–Trinajstić information content (AvgIpc) is 2.79. The topological polar surface area (TPSA) is 49.4 Å². The molecular formula is C27H36N2O2. The van der Waals surface area contributed by atoms with Gasteiger partial charge in [-0.25, -0.2) is 0 Å². The number of hydrogen-bond donors (Lipinski definition) is 1. The summed E-state index contributed by atoms with van der Waals surface area (Å²) in [4.78, 5) is 28.6. The van der Waals surface area contributed by atoms with E-state index in [1.165, 1.54) is 6.42 Å². The summed E-state index contributed by atoms with van der Waals surface area (Å²) in [7, 11) is 0. The molecule has 1 aliphatic carbocycles. The molecule has 0 radical (unpaired) electrons. The van der Waals surface area contributed by atoms with Crippen LogP contribution in [0.25, 0.3) is 0 Å². The van der Waals surface area contributed by atoms with Crippen LogP contribution in [0.2, 0.25) is 0 Å². The highest BCUT2D eigenvalue weighted by Crippen LogP contribution is 2.21. The van der Waals surface area contributed by atoms with Gasteiger partial charge in [-0.05, 0) is 42.9 Å². The Hall–Kier alpha value is -2.62. The summed E-state index contributed by atoms with van der Waals surface area (Å²) in [5.41, 5.74) is 3.31. The van der Waals surface area contributed by atoms with E-state index in [1.54, 1.807) is 0 Å². The molecule has 31 heavy (non-hydrogen) atoms. The molecule has 3 rings (SSSR count). The van der Waals surface area contributed by atoms with Gasteiger partial charge in [-0.2, -0.15) is 0 Å². The highest BCUT2D eigenvalue weighted by atomic mass is 16.2.